The van der Waals surface area contributed by atoms with E-state index < -0.39 is 0 Å². The van der Waals surface area contributed by atoms with Gasteiger partial charge in [-0.2, -0.15) is 0 Å². The first-order chi connectivity index (χ1) is 11.5. The Morgan fingerprint density at radius 1 is 1.00 bits per heavy atom. The van der Waals surface area contributed by atoms with Crippen LogP contribution in [0.25, 0.3) is 0 Å². The Hall–Kier alpha value is -0.480. The molecule has 0 radical (unpaired) electrons. The van der Waals surface area contributed by atoms with Crippen molar-refractivity contribution in [3.63, 3.8) is 0 Å². The molecule has 0 atom stereocenters. The third-order valence-electron chi connectivity index (χ3n) is 5.33. The number of benzene rings is 1. The molecule has 24 heavy (non-hydrogen) atoms. The Balaban J connectivity index is 1.45. The third-order valence-corrected chi connectivity index (χ3v) is 6.29. The predicted octanol–water partition coefficient (Wildman–Crippen LogP) is 5.50. The fourth-order valence-corrected chi connectivity index (χ4v) is 4.00. The number of halogens is 2. The molecular formula is C19H26Cl2O3. The first kappa shape index (κ1) is 18.3. The maximum Gasteiger partial charge on any atom is 0.191 e. The Bertz CT molecular complexity index is 548. The van der Waals surface area contributed by atoms with Gasteiger partial charge in [-0.1, -0.05) is 49.0 Å². The fourth-order valence-electron chi connectivity index (χ4n) is 3.58. The molecule has 1 saturated carbocycles. The van der Waals surface area contributed by atoms with Gasteiger partial charge in [0.15, 0.2) is 6.29 Å². The maximum atomic E-state index is 6.21. The molecule has 0 unspecified atom stereocenters. The number of hydrogen-bond acceptors (Lipinski definition) is 3. The van der Waals surface area contributed by atoms with Gasteiger partial charge in [0.1, 0.15) is 17.4 Å². The Morgan fingerprint density at radius 3 is 2.33 bits per heavy atom. The van der Waals surface area contributed by atoms with Crippen LogP contribution in [0.5, 0.6) is 5.75 Å². The summed E-state index contributed by atoms with van der Waals surface area (Å²) in [6, 6.07) is 3.73. The van der Waals surface area contributed by atoms with Crippen LogP contribution < -0.4 is 4.74 Å². The van der Waals surface area contributed by atoms with Gasteiger partial charge in [-0.25, -0.2) is 0 Å². The summed E-state index contributed by atoms with van der Waals surface area (Å²) in [7, 11) is 0. The summed E-state index contributed by atoms with van der Waals surface area (Å²) < 4.78 is 17.5. The van der Waals surface area contributed by atoms with Gasteiger partial charge in [-0.3, -0.25) is 0 Å². The molecule has 2 fully saturated rings. The third kappa shape index (κ3) is 4.37. The van der Waals surface area contributed by atoms with Crippen LogP contribution in [-0.4, -0.2) is 26.1 Å². The maximum absolute atomic E-state index is 6.21. The van der Waals surface area contributed by atoms with Crippen molar-refractivity contribution in [2.75, 3.05) is 19.8 Å². The minimum absolute atomic E-state index is 0.327. The summed E-state index contributed by atoms with van der Waals surface area (Å²) in [5.41, 5.74) is 0.934. The summed E-state index contributed by atoms with van der Waals surface area (Å²) in [4.78, 5) is 0. The van der Waals surface area contributed by atoms with Crippen LogP contribution in [0.2, 0.25) is 10.0 Å². The van der Waals surface area contributed by atoms with Gasteiger partial charge in [0, 0.05) is 5.92 Å². The molecule has 0 amide bonds. The van der Waals surface area contributed by atoms with E-state index in [1.807, 2.05) is 19.1 Å². The van der Waals surface area contributed by atoms with Crippen molar-refractivity contribution in [2.24, 2.45) is 17.8 Å². The normalized spacial score (nSPS) is 31.0. The van der Waals surface area contributed by atoms with Crippen molar-refractivity contribution in [1.82, 2.24) is 0 Å². The SMILES string of the molecule is Cc1ccc(OCC2OCC(C3CCC(C)CC3)CO2)c(Cl)c1Cl. The van der Waals surface area contributed by atoms with E-state index in [-0.39, 0.29) is 6.29 Å². The van der Waals surface area contributed by atoms with E-state index in [1.165, 1.54) is 25.7 Å². The first-order valence-electron chi connectivity index (χ1n) is 8.85. The minimum Gasteiger partial charge on any atom is -0.487 e. The van der Waals surface area contributed by atoms with Crippen molar-refractivity contribution >= 4 is 23.2 Å². The number of aryl methyl sites for hydroxylation is 1. The average Bonchev–Trinajstić information content (AvgIpc) is 2.60. The molecule has 134 valence electrons. The largest absolute Gasteiger partial charge is 0.487 e. The van der Waals surface area contributed by atoms with Crippen LogP contribution in [0.15, 0.2) is 12.1 Å². The van der Waals surface area contributed by atoms with Crippen molar-refractivity contribution in [3.05, 3.63) is 27.7 Å². The average molecular weight is 373 g/mol. The Kier molecular flexibility index (Phi) is 6.31. The summed E-state index contributed by atoms with van der Waals surface area (Å²) in [5, 5.41) is 0.980. The van der Waals surface area contributed by atoms with E-state index in [2.05, 4.69) is 6.92 Å². The number of rotatable bonds is 4. The van der Waals surface area contributed by atoms with E-state index in [9.17, 15) is 0 Å². The highest BCUT2D eigenvalue weighted by atomic mass is 35.5. The molecule has 1 saturated heterocycles. The highest BCUT2D eigenvalue weighted by molar-refractivity contribution is 6.43. The standard InChI is InChI=1S/C19H26Cl2O3/c1-12-3-6-14(7-4-12)15-9-23-17(24-10-15)11-22-16-8-5-13(2)18(20)19(16)21/h5,8,12,14-15,17H,3-4,6-7,9-11H2,1-2H3. The molecule has 3 nitrogen and oxygen atoms in total. The molecule has 0 aromatic heterocycles. The van der Waals surface area contributed by atoms with Crippen LogP contribution in [0, 0.1) is 24.7 Å². The molecule has 2 aliphatic rings. The van der Waals surface area contributed by atoms with Gasteiger partial charge in [0.2, 0.25) is 0 Å². The number of ether oxygens (including phenoxy) is 3. The molecule has 1 aliphatic carbocycles. The molecule has 0 bridgehead atoms. The van der Waals surface area contributed by atoms with E-state index in [1.54, 1.807) is 0 Å². The second-order valence-corrected chi connectivity index (χ2v) is 7.95. The molecule has 1 heterocycles. The van der Waals surface area contributed by atoms with Crippen LogP contribution >= 0.6 is 23.2 Å². The lowest BCUT2D eigenvalue weighted by atomic mass is 9.76. The van der Waals surface area contributed by atoms with Crippen LogP contribution in [0.4, 0.5) is 0 Å². The van der Waals surface area contributed by atoms with Crippen molar-refractivity contribution in [1.29, 1.82) is 0 Å². The molecule has 1 aliphatic heterocycles. The zero-order valence-corrected chi connectivity index (χ0v) is 15.9. The Labute approximate surface area is 154 Å². The fraction of sp³-hybridized carbons (Fsp3) is 0.684. The highest BCUT2D eigenvalue weighted by Crippen LogP contribution is 2.36. The van der Waals surface area contributed by atoms with Gasteiger partial charge in [0.25, 0.3) is 0 Å². The van der Waals surface area contributed by atoms with Gasteiger partial charge in [0.05, 0.1) is 18.2 Å². The second kappa shape index (κ2) is 8.27. The minimum atomic E-state index is -0.333. The molecule has 1 aromatic carbocycles. The molecule has 0 spiro atoms. The van der Waals surface area contributed by atoms with Gasteiger partial charge < -0.3 is 14.2 Å². The Morgan fingerprint density at radius 2 is 1.67 bits per heavy atom. The molecular weight excluding hydrogens is 347 g/mol. The zero-order chi connectivity index (χ0) is 17.1. The smallest absolute Gasteiger partial charge is 0.191 e. The summed E-state index contributed by atoms with van der Waals surface area (Å²) in [6.07, 6.45) is 4.94. The van der Waals surface area contributed by atoms with Crippen molar-refractivity contribution < 1.29 is 14.2 Å². The van der Waals surface area contributed by atoms with Crippen LogP contribution in [-0.2, 0) is 9.47 Å². The summed E-state index contributed by atoms with van der Waals surface area (Å²) in [6.45, 7) is 6.11. The summed E-state index contributed by atoms with van der Waals surface area (Å²) >= 11 is 12.4. The van der Waals surface area contributed by atoms with Crippen molar-refractivity contribution in [3.8, 4) is 5.75 Å². The summed E-state index contributed by atoms with van der Waals surface area (Å²) in [5.74, 6) is 2.71. The van der Waals surface area contributed by atoms with Crippen LogP contribution in [0.3, 0.4) is 0 Å². The van der Waals surface area contributed by atoms with E-state index in [0.29, 0.717) is 28.3 Å². The molecule has 0 N–H and O–H groups in total. The quantitative estimate of drug-likeness (QED) is 0.698. The van der Waals surface area contributed by atoms with Gasteiger partial charge >= 0.3 is 0 Å². The molecule has 1 aromatic rings. The lowest BCUT2D eigenvalue weighted by molar-refractivity contribution is -0.220. The zero-order valence-electron chi connectivity index (χ0n) is 14.4. The predicted molar refractivity (Wildman–Crippen MR) is 97.0 cm³/mol. The van der Waals surface area contributed by atoms with E-state index >= 15 is 0 Å². The first-order valence-corrected chi connectivity index (χ1v) is 9.60. The monoisotopic (exact) mass is 372 g/mol. The van der Waals surface area contributed by atoms with E-state index in [4.69, 9.17) is 37.4 Å². The second-order valence-electron chi connectivity index (χ2n) is 7.20. The molecule has 5 heteroatoms. The van der Waals surface area contributed by atoms with E-state index in [0.717, 1.165) is 30.6 Å². The van der Waals surface area contributed by atoms with Gasteiger partial charge in [-0.15, -0.1) is 0 Å². The van der Waals surface area contributed by atoms with Gasteiger partial charge in [-0.05, 0) is 43.2 Å². The lowest BCUT2D eigenvalue weighted by Crippen LogP contribution is -2.39. The molecule has 3 rings (SSSR count). The highest BCUT2D eigenvalue weighted by Gasteiger charge is 2.31. The topological polar surface area (TPSA) is 27.7 Å². The van der Waals surface area contributed by atoms with Crippen molar-refractivity contribution in [2.45, 2.75) is 45.8 Å². The lowest BCUT2D eigenvalue weighted by Gasteiger charge is -2.37. The van der Waals surface area contributed by atoms with Crippen LogP contribution in [0.1, 0.15) is 38.2 Å². The number of hydrogen-bond donors (Lipinski definition) is 0.